The standard InChI is InChI=1S/C102H72N2/c1-101(2)97-49-20-19-47-93(97)94-57-52-75(66-98(94)101)71-50-54-81(55-51-71)103(82-40-21-32-73(62-82)69-26-7-3-8-27-69)84-42-24-35-77(65-84)89-60-61-90(92-46-18-17-45-91(89)92)78-53-58-95-96-59-56-86(68-100(96)102(99(95)67-78,79-36-11-5-12-37-79)80-38-13-6-14-39-80)104(83-41-22-33-74(63-83)70-28-9-4-10-29-70)85-43-23-34-76(64-85)88-48-25-31-72-30-15-16-44-87(72)88/h3-68H,1-2H3. The number of benzene rings is 17. The van der Waals surface area contributed by atoms with E-state index in [4.69, 9.17) is 0 Å². The molecule has 0 radical (unpaired) electrons. The molecule has 2 aliphatic rings. The molecule has 0 aliphatic heterocycles. The van der Waals surface area contributed by atoms with E-state index in [9.17, 15) is 0 Å². The van der Waals surface area contributed by atoms with E-state index in [0.29, 0.717) is 0 Å². The van der Waals surface area contributed by atoms with Crippen molar-refractivity contribution < 1.29 is 0 Å². The van der Waals surface area contributed by atoms with Crippen LogP contribution in [0.15, 0.2) is 400 Å². The van der Waals surface area contributed by atoms with E-state index in [1.807, 2.05) is 0 Å². The molecule has 19 rings (SSSR count). The van der Waals surface area contributed by atoms with Crippen LogP contribution < -0.4 is 9.80 Å². The van der Waals surface area contributed by atoms with E-state index in [0.717, 1.165) is 61.9 Å². The predicted octanol–water partition coefficient (Wildman–Crippen LogP) is 27.6. The Morgan fingerprint density at radius 2 is 0.500 bits per heavy atom. The lowest BCUT2D eigenvalue weighted by Crippen LogP contribution is -2.28. The number of hydrogen-bond donors (Lipinski definition) is 0. The second kappa shape index (κ2) is 25.5. The average Bonchev–Trinajstić information content (AvgIpc) is 1.52. The molecule has 104 heavy (non-hydrogen) atoms. The monoisotopic (exact) mass is 1320 g/mol. The summed E-state index contributed by atoms with van der Waals surface area (Å²) in [7, 11) is 0. The number of nitrogens with zero attached hydrogens (tertiary/aromatic N) is 2. The minimum absolute atomic E-state index is 0.0869. The third-order valence-corrected chi connectivity index (χ3v) is 22.1. The van der Waals surface area contributed by atoms with Crippen molar-refractivity contribution in [2.75, 3.05) is 9.80 Å². The average molecular weight is 1330 g/mol. The molecule has 0 saturated heterocycles. The van der Waals surface area contributed by atoms with Crippen molar-refractivity contribution in [2.24, 2.45) is 0 Å². The summed E-state index contributed by atoms with van der Waals surface area (Å²) in [6, 6.07) is 149. The Balaban J connectivity index is 0.730. The Morgan fingerprint density at radius 3 is 1.08 bits per heavy atom. The highest BCUT2D eigenvalue weighted by Crippen LogP contribution is 2.59. The molecule has 0 spiro atoms. The molecule has 2 nitrogen and oxygen atoms in total. The first-order valence-electron chi connectivity index (χ1n) is 36.2. The van der Waals surface area contributed by atoms with E-state index < -0.39 is 5.41 Å². The van der Waals surface area contributed by atoms with Crippen LogP contribution in [0.4, 0.5) is 34.1 Å². The van der Waals surface area contributed by atoms with Gasteiger partial charge in [0.2, 0.25) is 0 Å². The molecular formula is C102H72N2. The van der Waals surface area contributed by atoms with Gasteiger partial charge in [-0.15, -0.1) is 0 Å². The van der Waals surface area contributed by atoms with Gasteiger partial charge in [0.1, 0.15) is 0 Å². The highest BCUT2D eigenvalue weighted by atomic mass is 15.1. The Bertz CT molecular complexity index is 6090. The normalized spacial score (nSPS) is 12.9. The van der Waals surface area contributed by atoms with E-state index in [-0.39, 0.29) is 5.41 Å². The summed E-state index contributed by atoms with van der Waals surface area (Å²) in [5, 5.41) is 4.84. The van der Waals surface area contributed by atoms with Gasteiger partial charge in [-0.05, 0) is 229 Å². The van der Waals surface area contributed by atoms with Gasteiger partial charge in [-0.2, -0.15) is 0 Å². The lowest BCUT2D eigenvalue weighted by Gasteiger charge is -2.35. The highest BCUT2D eigenvalue weighted by molar-refractivity contribution is 6.06. The number of rotatable bonds is 14. The van der Waals surface area contributed by atoms with Crippen LogP contribution in [0.5, 0.6) is 0 Å². The summed E-state index contributed by atoms with van der Waals surface area (Å²) < 4.78 is 0. The Kier molecular flexibility index (Phi) is 15.2. The lowest BCUT2D eigenvalue weighted by molar-refractivity contribution is 0.660. The van der Waals surface area contributed by atoms with Gasteiger partial charge in [-0.1, -0.05) is 329 Å². The molecule has 0 saturated carbocycles. The fourth-order valence-corrected chi connectivity index (χ4v) is 17.2. The molecular weight excluding hydrogens is 1250 g/mol. The Hall–Kier alpha value is -13.1. The van der Waals surface area contributed by atoms with Crippen molar-refractivity contribution in [1.29, 1.82) is 0 Å². The van der Waals surface area contributed by atoms with Crippen LogP contribution in [0, 0.1) is 0 Å². The topological polar surface area (TPSA) is 6.48 Å². The zero-order chi connectivity index (χ0) is 69.3. The lowest BCUT2D eigenvalue weighted by atomic mass is 9.67. The molecule has 0 heterocycles. The molecule has 0 amide bonds. The zero-order valence-electron chi connectivity index (χ0n) is 58.0. The van der Waals surface area contributed by atoms with Crippen molar-refractivity contribution in [3.05, 3.63) is 434 Å². The predicted molar refractivity (Wildman–Crippen MR) is 438 cm³/mol. The van der Waals surface area contributed by atoms with Gasteiger partial charge in [-0.3, -0.25) is 0 Å². The van der Waals surface area contributed by atoms with E-state index in [1.54, 1.807) is 0 Å². The van der Waals surface area contributed by atoms with Crippen molar-refractivity contribution in [3.8, 4) is 89.0 Å². The first kappa shape index (κ1) is 61.9. The molecule has 2 aliphatic carbocycles. The van der Waals surface area contributed by atoms with Crippen molar-refractivity contribution in [3.63, 3.8) is 0 Å². The molecule has 17 aromatic carbocycles. The molecule has 0 aromatic heterocycles. The van der Waals surface area contributed by atoms with Crippen LogP contribution in [0.3, 0.4) is 0 Å². The maximum Gasteiger partial charge on any atom is 0.0714 e. The summed E-state index contributed by atoms with van der Waals surface area (Å²) in [5.74, 6) is 0. The summed E-state index contributed by atoms with van der Waals surface area (Å²) in [6.07, 6.45) is 0. The quantitative estimate of drug-likeness (QED) is 0.107. The molecule has 0 N–H and O–H groups in total. The van der Waals surface area contributed by atoms with Crippen LogP contribution in [0.2, 0.25) is 0 Å². The SMILES string of the molecule is CC1(C)c2ccccc2-c2ccc(-c3ccc(N(c4cccc(-c5ccccc5)c4)c4cccc(-c5ccc(-c6ccc7c(c6)C(c6ccccc6)(c6ccccc6)c6cc(N(c8cccc(-c9ccccc9)c8)c8cccc(-c9cccc%10ccccc9%10)c8)ccc6-7)c6ccccc56)c4)cc3)cc21. The maximum atomic E-state index is 2.52. The highest BCUT2D eigenvalue weighted by Gasteiger charge is 2.47. The van der Waals surface area contributed by atoms with Crippen LogP contribution in [0.25, 0.3) is 111 Å². The maximum absolute atomic E-state index is 2.52. The fourth-order valence-electron chi connectivity index (χ4n) is 17.2. The van der Waals surface area contributed by atoms with Crippen molar-refractivity contribution in [2.45, 2.75) is 24.7 Å². The van der Waals surface area contributed by atoms with Gasteiger partial charge in [0.05, 0.1) is 5.41 Å². The third-order valence-electron chi connectivity index (χ3n) is 22.1. The molecule has 490 valence electrons. The molecule has 0 bridgehead atoms. The summed E-state index contributed by atoms with van der Waals surface area (Å²) in [4.78, 5) is 4.88. The first-order chi connectivity index (χ1) is 51.3. The van der Waals surface area contributed by atoms with Gasteiger partial charge in [0, 0.05) is 39.5 Å². The van der Waals surface area contributed by atoms with E-state index >= 15 is 0 Å². The molecule has 0 fully saturated rings. The van der Waals surface area contributed by atoms with Crippen LogP contribution in [-0.4, -0.2) is 0 Å². The summed E-state index contributed by atoms with van der Waals surface area (Å²) >= 11 is 0. The van der Waals surface area contributed by atoms with Crippen LogP contribution in [-0.2, 0) is 10.8 Å². The largest absolute Gasteiger partial charge is 0.310 e. The molecule has 0 unspecified atom stereocenters. The Morgan fingerprint density at radius 1 is 0.183 bits per heavy atom. The number of anilines is 6. The van der Waals surface area contributed by atoms with Gasteiger partial charge >= 0.3 is 0 Å². The number of fused-ring (bicyclic) bond motifs is 8. The second-order valence-electron chi connectivity index (χ2n) is 28.3. The molecule has 2 heteroatoms. The summed E-state index contributed by atoms with van der Waals surface area (Å²) in [5.41, 5.74) is 32.5. The summed E-state index contributed by atoms with van der Waals surface area (Å²) in [6.45, 7) is 4.72. The molecule has 0 atom stereocenters. The minimum atomic E-state index is -0.712. The van der Waals surface area contributed by atoms with Gasteiger partial charge in [-0.25, -0.2) is 0 Å². The number of hydrogen-bond acceptors (Lipinski definition) is 2. The zero-order valence-corrected chi connectivity index (χ0v) is 58.0. The van der Waals surface area contributed by atoms with Crippen molar-refractivity contribution >= 4 is 55.7 Å². The fraction of sp³-hybridized carbons (Fsp3) is 0.0392. The second-order valence-corrected chi connectivity index (χ2v) is 28.3. The Labute approximate surface area is 609 Å². The van der Waals surface area contributed by atoms with E-state index in [1.165, 1.54) is 116 Å². The third kappa shape index (κ3) is 10.5. The van der Waals surface area contributed by atoms with Gasteiger partial charge in [0.25, 0.3) is 0 Å². The van der Waals surface area contributed by atoms with Gasteiger partial charge < -0.3 is 9.80 Å². The van der Waals surface area contributed by atoms with Crippen LogP contribution in [0.1, 0.15) is 47.2 Å². The van der Waals surface area contributed by atoms with Gasteiger partial charge in [0.15, 0.2) is 0 Å². The first-order valence-corrected chi connectivity index (χ1v) is 36.2. The molecule has 17 aromatic rings. The van der Waals surface area contributed by atoms with Crippen molar-refractivity contribution in [1.82, 2.24) is 0 Å². The minimum Gasteiger partial charge on any atom is -0.310 e. The smallest absolute Gasteiger partial charge is 0.0714 e. The van der Waals surface area contributed by atoms with Crippen LogP contribution >= 0.6 is 0 Å². The van der Waals surface area contributed by atoms with E-state index in [2.05, 4.69) is 424 Å².